The Morgan fingerprint density at radius 2 is 1.27 bits per heavy atom. The van der Waals surface area contributed by atoms with Gasteiger partial charge >= 0.3 is 11.9 Å². The molecule has 0 N–H and O–H groups in total. The molecule has 0 bridgehead atoms. The first-order valence-electron chi connectivity index (χ1n) is 8.77. The van der Waals surface area contributed by atoms with E-state index in [9.17, 15) is 9.59 Å². The van der Waals surface area contributed by atoms with Crippen molar-refractivity contribution in [2.24, 2.45) is 5.92 Å². The van der Waals surface area contributed by atoms with Gasteiger partial charge in [0.2, 0.25) is 0 Å². The molecule has 1 atom stereocenters. The van der Waals surface area contributed by atoms with Crippen molar-refractivity contribution >= 4 is 11.9 Å². The predicted molar refractivity (Wildman–Crippen MR) is 88.6 cm³/mol. The molecule has 0 aliphatic heterocycles. The Hall–Kier alpha value is -1.06. The van der Waals surface area contributed by atoms with Crippen LogP contribution in [-0.2, 0) is 19.1 Å². The molecule has 4 nitrogen and oxygen atoms in total. The highest BCUT2D eigenvalue weighted by Gasteiger charge is 2.11. The monoisotopic (exact) mass is 314 g/mol. The zero-order chi connectivity index (χ0) is 16.6. The summed E-state index contributed by atoms with van der Waals surface area (Å²) in [5, 5.41) is 0. The van der Waals surface area contributed by atoms with Gasteiger partial charge in [-0.1, -0.05) is 58.3 Å². The molecule has 4 heteroatoms. The van der Waals surface area contributed by atoms with Crippen molar-refractivity contribution in [3.05, 3.63) is 0 Å². The minimum Gasteiger partial charge on any atom is -0.469 e. The number of unbranched alkanes of at least 4 members (excludes halogenated alkanes) is 7. The van der Waals surface area contributed by atoms with E-state index >= 15 is 0 Å². The Labute approximate surface area is 135 Å². The summed E-state index contributed by atoms with van der Waals surface area (Å²) in [6.07, 6.45) is 12.8. The predicted octanol–water partition coefficient (Wildman–Crippen LogP) is 4.65. The van der Waals surface area contributed by atoms with Crippen LogP contribution in [0.15, 0.2) is 0 Å². The van der Waals surface area contributed by atoms with E-state index in [0.717, 1.165) is 25.7 Å². The van der Waals surface area contributed by atoms with Gasteiger partial charge in [0.25, 0.3) is 0 Å². The average Bonchev–Trinajstić information content (AvgIpc) is 2.54. The molecule has 0 aromatic carbocycles. The van der Waals surface area contributed by atoms with Crippen LogP contribution >= 0.6 is 0 Å². The van der Waals surface area contributed by atoms with Crippen LogP contribution in [0.2, 0.25) is 0 Å². The lowest BCUT2D eigenvalue weighted by Gasteiger charge is -2.12. The normalized spacial score (nSPS) is 12.0. The van der Waals surface area contributed by atoms with Gasteiger partial charge in [0.05, 0.1) is 14.2 Å². The molecule has 0 radical (unpaired) electrons. The highest BCUT2D eigenvalue weighted by atomic mass is 16.5. The number of carbonyl (C=O) groups is 2. The minimum atomic E-state index is -0.0996. The molecule has 1 unspecified atom stereocenters. The van der Waals surface area contributed by atoms with Gasteiger partial charge < -0.3 is 9.47 Å². The first kappa shape index (κ1) is 20.9. The first-order valence-corrected chi connectivity index (χ1v) is 8.77. The number of carbonyl (C=O) groups excluding carboxylic acids is 2. The van der Waals surface area contributed by atoms with Crippen LogP contribution in [0.25, 0.3) is 0 Å². The fourth-order valence-electron chi connectivity index (χ4n) is 2.63. The summed E-state index contributed by atoms with van der Waals surface area (Å²) >= 11 is 0. The van der Waals surface area contributed by atoms with Crippen LogP contribution in [-0.4, -0.2) is 26.2 Å². The van der Waals surface area contributed by atoms with Gasteiger partial charge in [-0.25, -0.2) is 0 Å². The van der Waals surface area contributed by atoms with E-state index in [0.29, 0.717) is 18.8 Å². The Morgan fingerprint density at radius 1 is 0.773 bits per heavy atom. The standard InChI is InChI=1S/C18H34O4/c1-4-16(15-18(20)22-3)13-11-9-7-5-6-8-10-12-14-17(19)21-2/h16H,4-15H2,1-3H3. The van der Waals surface area contributed by atoms with Gasteiger partial charge in [0.1, 0.15) is 0 Å². The Balaban J connectivity index is 3.35. The molecule has 130 valence electrons. The van der Waals surface area contributed by atoms with E-state index in [2.05, 4.69) is 11.7 Å². The number of methoxy groups -OCH3 is 2. The van der Waals surface area contributed by atoms with Crippen LogP contribution in [0.1, 0.15) is 84.0 Å². The maximum atomic E-state index is 11.3. The summed E-state index contributed by atoms with van der Waals surface area (Å²) in [6, 6.07) is 0. The Kier molecular flexibility index (Phi) is 14.1. The molecule has 0 fully saturated rings. The second-order valence-corrected chi connectivity index (χ2v) is 6.00. The van der Waals surface area contributed by atoms with E-state index in [4.69, 9.17) is 4.74 Å². The summed E-state index contributed by atoms with van der Waals surface area (Å²) in [4.78, 5) is 22.2. The second kappa shape index (κ2) is 14.9. The van der Waals surface area contributed by atoms with Crippen LogP contribution in [0, 0.1) is 5.92 Å². The second-order valence-electron chi connectivity index (χ2n) is 6.00. The van der Waals surface area contributed by atoms with Gasteiger partial charge in [-0.2, -0.15) is 0 Å². The molecule has 0 aliphatic rings. The number of esters is 2. The van der Waals surface area contributed by atoms with E-state index in [1.165, 1.54) is 52.7 Å². The van der Waals surface area contributed by atoms with E-state index in [-0.39, 0.29) is 11.9 Å². The highest BCUT2D eigenvalue weighted by molar-refractivity contribution is 5.69. The largest absolute Gasteiger partial charge is 0.469 e. The summed E-state index contributed by atoms with van der Waals surface area (Å²) in [5.74, 6) is 0.294. The van der Waals surface area contributed by atoms with Gasteiger partial charge in [0, 0.05) is 12.8 Å². The van der Waals surface area contributed by atoms with Crippen molar-refractivity contribution in [1.82, 2.24) is 0 Å². The van der Waals surface area contributed by atoms with Crippen molar-refractivity contribution in [3.8, 4) is 0 Å². The van der Waals surface area contributed by atoms with Crippen molar-refractivity contribution in [3.63, 3.8) is 0 Å². The topological polar surface area (TPSA) is 52.6 Å². The van der Waals surface area contributed by atoms with Crippen molar-refractivity contribution in [1.29, 1.82) is 0 Å². The summed E-state index contributed by atoms with van der Waals surface area (Å²) < 4.78 is 9.34. The Morgan fingerprint density at radius 3 is 1.77 bits per heavy atom. The zero-order valence-corrected chi connectivity index (χ0v) is 14.7. The molecule has 0 saturated heterocycles. The van der Waals surface area contributed by atoms with Crippen molar-refractivity contribution in [2.45, 2.75) is 84.0 Å². The highest BCUT2D eigenvalue weighted by Crippen LogP contribution is 2.19. The molecule has 0 amide bonds. The number of hydrogen-bond donors (Lipinski definition) is 0. The van der Waals surface area contributed by atoms with E-state index in [1.54, 1.807) is 0 Å². The quantitative estimate of drug-likeness (QED) is 0.346. The van der Waals surface area contributed by atoms with Gasteiger partial charge in [-0.15, -0.1) is 0 Å². The molecule has 0 aromatic rings. The van der Waals surface area contributed by atoms with Crippen LogP contribution in [0.4, 0.5) is 0 Å². The van der Waals surface area contributed by atoms with E-state index < -0.39 is 0 Å². The molecular formula is C18H34O4. The fraction of sp³-hybridized carbons (Fsp3) is 0.889. The Bertz CT molecular complexity index is 289. The van der Waals surface area contributed by atoms with Crippen LogP contribution in [0.5, 0.6) is 0 Å². The SMILES string of the molecule is CCC(CCCCCCCCCCC(=O)OC)CC(=O)OC. The summed E-state index contributed by atoms with van der Waals surface area (Å²) in [5.41, 5.74) is 0. The van der Waals surface area contributed by atoms with Crippen molar-refractivity contribution < 1.29 is 19.1 Å². The molecule has 0 heterocycles. The molecule has 0 aromatic heterocycles. The third-order valence-electron chi connectivity index (χ3n) is 4.23. The minimum absolute atomic E-state index is 0.0844. The molecule has 0 saturated carbocycles. The summed E-state index contributed by atoms with van der Waals surface area (Å²) in [7, 11) is 2.90. The third-order valence-corrected chi connectivity index (χ3v) is 4.23. The zero-order valence-electron chi connectivity index (χ0n) is 14.7. The fourth-order valence-corrected chi connectivity index (χ4v) is 2.63. The third kappa shape index (κ3) is 12.7. The first-order chi connectivity index (χ1) is 10.6. The van der Waals surface area contributed by atoms with Gasteiger partial charge in [-0.05, 0) is 18.8 Å². The number of ether oxygens (including phenoxy) is 2. The van der Waals surface area contributed by atoms with E-state index in [1.807, 2.05) is 0 Å². The van der Waals surface area contributed by atoms with Gasteiger partial charge in [-0.3, -0.25) is 9.59 Å². The molecular weight excluding hydrogens is 280 g/mol. The smallest absolute Gasteiger partial charge is 0.305 e. The average molecular weight is 314 g/mol. The van der Waals surface area contributed by atoms with Crippen LogP contribution in [0.3, 0.4) is 0 Å². The molecule has 0 spiro atoms. The maximum absolute atomic E-state index is 11.3. The number of rotatable bonds is 14. The molecule has 22 heavy (non-hydrogen) atoms. The summed E-state index contributed by atoms with van der Waals surface area (Å²) in [6.45, 7) is 2.14. The lowest BCUT2D eigenvalue weighted by atomic mass is 9.95. The number of hydrogen-bond acceptors (Lipinski definition) is 4. The lowest BCUT2D eigenvalue weighted by Crippen LogP contribution is -2.09. The maximum Gasteiger partial charge on any atom is 0.305 e. The van der Waals surface area contributed by atoms with Crippen molar-refractivity contribution in [2.75, 3.05) is 14.2 Å². The lowest BCUT2D eigenvalue weighted by molar-refractivity contribution is -0.142. The van der Waals surface area contributed by atoms with Crippen LogP contribution < -0.4 is 0 Å². The molecule has 0 aliphatic carbocycles. The van der Waals surface area contributed by atoms with Gasteiger partial charge in [0.15, 0.2) is 0 Å². The molecule has 0 rings (SSSR count).